The van der Waals surface area contributed by atoms with Crippen LogP contribution in [0.15, 0.2) is 66.7 Å². The molecular formula is C27H24N2O6S. The summed E-state index contributed by atoms with van der Waals surface area (Å²) in [6, 6.07) is 19.6. The van der Waals surface area contributed by atoms with Crippen molar-refractivity contribution in [3.8, 4) is 23.0 Å². The number of ether oxygens (including phenoxy) is 3. The number of nitrogens with two attached hydrogens (primary N) is 1. The fraction of sp³-hybridized carbons (Fsp3) is 0.148. The summed E-state index contributed by atoms with van der Waals surface area (Å²) in [5.74, 6) is 1.54. The van der Waals surface area contributed by atoms with E-state index in [-0.39, 0.29) is 11.1 Å². The molecular weight excluding hydrogens is 480 g/mol. The zero-order valence-corrected chi connectivity index (χ0v) is 20.5. The van der Waals surface area contributed by atoms with Gasteiger partial charge in [-0.3, -0.25) is 19.7 Å². The van der Waals surface area contributed by atoms with Gasteiger partial charge in [0.05, 0.1) is 19.5 Å². The second kappa shape index (κ2) is 11.0. The van der Waals surface area contributed by atoms with Gasteiger partial charge >= 0.3 is 0 Å². The Morgan fingerprint density at radius 3 is 2.00 bits per heavy atom. The molecule has 0 spiro atoms. The van der Waals surface area contributed by atoms with Crippen molar-refractivity contribution >= 4 is 40.5 Å². The Morgan fingerprint density at radius 2 is 1.50 bits per heavy atom. The van der Waals surface area contributed by atoms with Crippen LogP contribution in [0.2, 0.25) is 0 Å². The molecule has 8 nitrogen and oxygen atoms in total. The smallest absolute Gasteiger partial charge is 0.286 e. The van der Waals surface area contributed by atoms with Crippen LogP contribution >= 0.6 is 11.8 Å². The average molecular weight is 505 g/mol. The molecule has 3 aromatic carbocycles. The maximum atomic E-state index is 12.2. The SMILES string of the molecule is COc1cc(C=C(C(N)=O)c2ccc(Oc3ccc(CC4SC(=O)NC4=O)cc3)cc2)cc(OC)c1. The lowest BCUT2D eigenvalue weighted by Gasteiger charge is -2.10. The maximum absolute atomic E-state index is 12.2. The molecule has 184 valence electrons. The fourth-order valence-electron chi connectivity index (χ4n) is 3.65. The van der Waals surface area contributed by atoms with E-state index >= 15 is 0 Å². The van der Waals surface area contributed by atoms with E-state index in [1.807, 2.05) is 12.1 Å². The molecule has 0 bridgehead atoms. The quantitative estimate of drug-likeness (QED) is 0.327. The highest BCUT2D eigenvalue weighted by Gasteiger charge is 2.31. The first-order valence-electron chi connectivity index (χ1n) is 11.0. The summed E-state index contributed by atoms with van der Waals surface area (Å²) in [5, 5.41) is 1.56. The Kier molecular flexibility index (Phi) is 7.60. The van der Waals surface area contributed by atoms with Gasteiger partial charge in [-0.05, 0) is 65.6 Å². The van der Waals surface area contributed by atoms with Crippen molar-refractivity contribution in [1.82, 2.24) is 5.32 Å². The lowest BCUT2D eigenvalue weighted by Crippen LogP contribution is -2.25. The van der Waals surface area contributed by atoms with Crippen LogP contribution in [0.25, 0.3) is 11.6 Å². The van der Waals surface area contributed by atoms with E-state index in [0.29, 0.717) is 46.1 Å². The summed E-state index contributed by atoms with van der Waals surface area (Å²) < 4.78 is 16.5. The van der Waals surface area contributed by atoms with Crippen LogP contribution in [-0.4, -0.2) is 36.5 Å². The Morgan fingerprint density at radius 1 is 0.917 bits per heavy atom. The summed E-state index contributed by atoms with van der Waals surface area (Å²) in [6.45, 7) is 0. The first-order valence-corrected chi connectivity index (χ1v) is 11.9. The highest BCUT2D eigenvalue weighted by molar-refractivity contribution is 8.15. The summed E-state index contributed by atoms with van der Waals surface area (Å²) in [7, 11) is 3.11. The topological polar surface area (TPSA) is 117 Å². The second-order valence-corrected chi connectivity index (χ2v) is 9.10. The van der Waals surface area contributed by atoms with Crippen LogP contribution in [0.3, 0.4) is 0 Å². The highest BCUT2D eigenvalue weighted by atomic mass is 32.2. The third kappa shape index (κ3) is 6.05. The summed E-state index contributed by atoms with van der Waals surface area (Å²) in [6.07, 6.45) is 2.14. The van der Waals surface area contributed by atoms with E-state index < -0.39 is 11.2 Å². The number of thioether (sulfide) groups is 1. The number of amides is 3. The van der Waals surface area contributed by atoms with Crippen molar-refractivity contribution in [3.63, 3.8) is 0 Å². The van der Waals surface area contributed by atoms with E-state index in [9.17, 15) is 14.4 Å². The van der Waals surface area contributed by atoms with Crippen molar-refractivity contribution in [2.24, 2.45) is 5.73 Å². The molecule has 36 heavy (non-hydrogen) atoms. The summed E-state index contributed by atoms with van der Waals surface area (Å²) in [4.78, 5) is 35.3. The minimum atomic E-state index is -0.572. The molecule has 0 saturated carbocycles. The molecule has 3 amide bonds. The van der Waals surface area contributed by atoms with Crippen molar-refractivity contribution in [1.29, 1.82) is 0 Å². The number of nitrogens with one attached hydrogen (secondary N) is 1. The molecule has 1 aliphatic rings. The van der Waals surface area contributed by atoms with Gasteiger partial charge in [-0.25, -0.2) is 0 Å². The Labute approximate surface area is 212 Å². The zero-order chi connectivity index (χ0) is 25.7. The van der Waals surface area contributed by atoms with Crippen LogP contribution in [0.4, 0.5) is 4.79 Å². The van der Waals surface area contributed by atoms with E-state index in [1.165, 1.54) is 0 Å². The molecule has 1 heterocycles. The molecule has 1 fully saturated rings. The molecule has 3 aromatic rings. The number of primary amides is 1. The van der Waals surface area contributed by atoms with Gasteiger partial charge < -0.3 is 19.9 Å². The maximum Gasteiger partial charge on any atom is 0.286 e. The van der Waals surface area contributed by atoms with Gasteiger partial charge in [0.1, 0.15) is 23.0 Å². The van der Waals surface area contributed by atoms with Gasteiger partial charge in [0.25, 0.3) is 5.24 Å². The number of hydrogen-bond acceptors (Lipinski definition) is 7. The molecule has 0 aromatic heterocycles. The van der Waals surface area contributed by atoms with Gasteiger partial charge in [-0.1, -0.05) is 36.0 Å². The molecule has 1 saturated heterocycles. The number of carbonyl (C=O) groups is 3. The first kappa shape index (κ1) is 24.9. The third-order valence-electron chi connectivity index (χ3n) is 5.46. The van der Waals surface area contributed by atoms with Crippen LogP contribution < -0.4 is 25.3 Å². The Hall–Kier alpha value is -4.24. The van der Waals surface area contributed by atoms with Crippen LogP contribution in [0, 0.1) is 0 Å². The number of hydrogen-bond donors (Lipinski definition) is 2. The molecule has 1 atom stereocenters. The largest absolute Gasteiger partial charge is 0.497 e. The minimum absolute atomic E-state index is 0.264. The number of carbonyl (C=O) groups excluding carboxylic acids is 3. The molecule has 3 N–H and O–H groups in total. The van der Waals surface area contributed by atoms with E-state index in [2.05, 4.69) is 5.32 Å². The van der Waals surface area contributed by atoms with Crippen LogP contribution in [-0.2, 0) is 16.0 Å². The van der Waals surface area contributed by atoms with Crippen molar-refractivity contribution in [2.45, 2.75) is 11.7 Å². The third-order valence-corrected chi connectivity index (χ3v) is 6.44. The second-order valence-electron chi connectivity index (χ2n) is 7.93. The lowest BCUT2D eigenvalue weighted by molar-refractivity contribution is -0.119. The summed E-state index contributed by atoms with van der Waals surface area (Å²) in [5.41, 5.74) is 8.25. The normalized spacial score (nSPS) is 15.4. The van der Waals surface area contributed by atoms with E-state index in [0.717, 1.165) is 17.3 Å². The lowest BCUT2D eigenvalue weighted by atomic mass is 10.0. The van der Waals surface area contributed by atoms with Crippen molar-refractivity contribution in [2.75, 3.05) is 14.2 Å². The van der Waals surface area contributed by atoms with E-state index in [4.69, 9.17) is 19.9 Å². The molecule has 4 rings (SSSR count). The van der Waals surface area contributed by atoms with Crippen LogP contribution in [0.5, 0.6) is 23.0 Å². The molecule has 0 aliphatic carbocycles. The Bertz CT molecular complexity index is 1300. The predicted octanol–water partition coefficient (Wildman–Crippen LogP) is 4.42. The van der Waals surface area contributed by atoms with Gasteiger partial charge in [-0.2, -0.15) is 0 Å². The zero-order valence-electron chi connectivity index (χ0n) is 19.6. The predicted molar refractivity (Wildman–Crippen MR) is 138 cm³/mol. The van der Waals surface area contributed by atoms with Crippen molar-refractivity contribution in [3.05, 3.63) is 83.4 Å². The number of rotatable bonds is 9. The highest BCUT2D eigenvalue weighted by Crippen LogP contribution is 2.29. The fourth-order valence-corrected chi connectivity index (χ4v) is 4.51. The summed E-state index contributed by atoms with van der Waals surface area (Å²) >= 11 is 1.00. The first-order chi connectivity index (χ1) is 17.3. The molecule has 0 radical (unpaired) electrons. The Balaban J connectivity index is 1.47. The number of benzene rings is 3. The van der Waals surface area contributed by atoms with Gasteiger partial charge in [0.2, 0.25) is 11.8 Å². The standard InChI is InChI=1S/C27H24N2O6S/c1-33-21-11-17(12-22(15-21)34-2)13-23(25(28)30)18-5-9-20(10-6-18)35-19-7-3-16(4-8-19)14-24-26(31)29-27(32)36-24/h3-13,15,24H,14H2,1-2H3,(H2,28,30)(H,29,31,32). The monoisotopic (exact) mass is 504 g/mol. The van der Waals surface area contributed by atoms with Crippen LogP contribution in [0.1, 0.15) is 16.7 Å². The van der Waals surface area contributed by atoms with E-state index in [1.54, 1.807) is 74.9 Å². The molecule has 1 unspecified atom stereocenters. The minimum Gasteiger partial charge on any atom is -0.497 e. The van der Waals surface area contributed by atoms with Gasteiger partial charge in [-0.15, -0.1) is 0 Å². The number of methoxy groups -OCH3 is 2. The van der Waals surface area contributed by atoms with Crippen molar-refractivity contribution < 1.29 is 28.6 Å². The molecule has 9 heteroatoms. The number of imide groups is 1. The molecule has 1 aliphatic heterocycles. The average Bonchev–Trinajstić information content (AvgIpc) is 3.20. The van der Waals surface area contributed by atoms with Gasteiger partial charge in [0, 0.05) is 11.6 Å². The van der Waals surface area contributed by atoms with Gasteiger partial charge in [0.15, 0.2) is 0 Å².